The third kappa shape index (κ3) is 3.70. The number of rotatable bonds is 3. The molecule has 7 heteroatoms. The zero-order valence-electron chi connectivity index (χ0n) is 14.0. The molecule has 136 valence electrons. The first-order chi connectivity index (χ1) is 12.3. The van der Waals surface area contributed by atoms with Crippen LogP contribution in [0.5, 0.6) is 0 Å². The predicted octanol–water partition coefficient (Wildman–Crippen LogP) is 5.53. The molecular formula is C19H16F4N2S. The number of nitriles is 1. The van der Waals surface area contributed by atoms with Gasteiger partial charge in [-0.2, -0.15) is 18.4 Å². The summed E-state index contributed by atoms with van der Waals surface area (Å²) in [5, 5.41) is 9.43. The number of hydrogen-bond acceptors (Lipinski definition) is 3. The van der Waals surface area contributed by atoms with E-state index in [1.165, 1.54) is 6.07 Å². The lowest BCUT2D eigenvalue weighted by atomic mass is 9.84. The van der Waals surface area contributed by atoms with E-state index in [4.69, 9.17) is 0 Å². The van der Waals surface area contributed by atoms with Crippen LogP contribution in [-0.2, 0) is 24.8 Å². The first-order valence-corrected chi connectivity index (χ1v) is 9.19. The Hall–Kier alpha value is -2.07. The van der Waals surface area contributed by atoms with Gasteiger partial charge in [-0.15, -0.1) is 11.8 Å². The van der Waals surface area contributed by atoms with E-state index in [0.29, 0.717) is 17.7 Å². The smallest absolute Gasteiger partial charge is 0.245 e. The number of fused-ring (bicyclic) bond motifs is 1. The number of pyridine rings is 1. The SMILES string of the molecule is C[C@H]1CCc2nc(SCc3ccccc3F)c(C#N)c(C(F)(F)F)c2C1. The van der Waals surface area contributed by atoms with E-state index in [0.717, 1.165) is 18.2 Å². The normalized spacial score (nSPS) is 16.8. The molecule has 0 fully saturated rings. The fourth-order valence-electron chi connectivity index (χ4n) is 3.19. The minimum Gasteiger partial charge on any atom is -0.245 e. The molecule has 0 aliphatic heterocycles. The van der Waals surface area contributed by atoms with Gasteiger partial charge >= 0.3 is 6.18 Å². The van der Waals surface area contributed by atoms with Gasteiger partial charge in [-0.3, -0.25) is 0 Å². The van der Waals surface area contributed by atoms with Crippen molar-refractivity contribution in [2.24, 2.45) is 5.92 Å². The van der Waals surface area contributed by atoms with Gasteiger partial charge in [-0.05, 0) is 42.4 Å². The number of alkyl halides is 3. The minimum absolute atomic E-state index is 0.0244. The summed E-state index contributed by atoms with van der Waals surface area (Å²) in [5.74, 6) is -0.198. The van der Waals surface area contributed by atoms with Gasteiger partial charge in [0.1, 0.15) is 16.9 Å². The van der Waals surface area contributed by atoms with Gasteiger partial charge in [-0.25, -0.2) is 9.37 Å². The molecule has 0 amide bonds. The second-order valence-electron chi connectivity index (χ2n) is 6.43. The highest BCUT2D eigenvalue weighted by Gasteiger charge is 2.40. The average Bonchev–Trinajstić information content (AvgIpc) is 2.58. The summed E-state index contributed by atoms with van der Waals surface area (Å²) >= 11 is 0.969. The first kappa shape index (κ1) is 18.7. The van der Waals surface area contributed by atoms with Gasteiger partial charge in [-0.1, -0.05) is 25.1 Å². The molecule has 1 heterocycles. The molecule has 0 N–H and O–H groups in total. The Morgan fingerprint density at radius 2 is 2.04 bits per heavy atom. The second kappa shape index (κ2) is 7.28. The van der Waals surface area contributed by atoms with Crippen LogP contribution >= 0.6 is 11.8 Å². The molecule has 0 spiro atoms. The maximum absolute atomic E-state index is 13.8. The van der Waals surface area contributed by atoms with Crippen LogP contribution in [-0.4, -0.2) is 4.98 Å². The highest BCUT2D eigenvalue weighted by atomic mass is 32.2. The number of aryl methyl sites for hydroxylation is 1. The molecule has 2 nitrogen and oxygen atoms in total. The Balaban J connectivity index is 2.06. The van der Waals surface area contributed by atoms with E-state index in [2.05, 4.69) is 4.98 Å². The number of halogens is 4. The molecule has 1 aromatic heterocycles. The zero-order valence-corrected chi connectivity index (χ0v) is 14.8. The zero-order chi connectivity index (χ0) is 18.9. The summed E-state index contributed by atoms with van der Waals surface area (Å²) in [6, 6.07) is 7.76. The molecule has 1 aromatic carbocycles. The molecule has 0 radical (unpaired) electrons. The second-order valence-corrected chi connectivity index (χ2v) is 7.39. The molecule has 0 saturated heterocycles. The largest absolute Gasteiger partial charge is 0.418 e. The lowest BCUT2D eigenvalue weighted by Crippen LogP contribution is -2.22. The summed E-state index contributed by atoms with van der Waals surface area (Å²) in [6.07, 6.45) is -3.13. The number of thioether (sulfide) groups is 1. The van der Waals surface area contributed by atoms with Crippen LogP contribution in [0.3, 0.4) is 0 Å². The number of aromatic nitrogens is 1. The molecular weight excluding hydrogens is 364 g/mol. The van der Waals surface area contributed by atoms with Gasteiger partial charge in [0.2, 0.25) is 0 Å². The van der Waals surface area contributed by atoms with Gasteiger partial charge in [0.25, 0.3) is 0 Å². The van der Waals surface area contributed by atoms with E-state index >= 15 is 0 Å². The third-order valence-electron chi connectivity index (χ3n) is 4.49. The Morgan fingerprint density at radius 1 is 1.31 bits per heavy atom. The fourth-order valence-corrected chi connectivity index (χ4v) is 4.18. The van der Waals surface area contributed by atoms with Crippen molar-refractivity contribution in [3.05, 3.63) is 58.0 Å². The van der Waals surface area contributed by atoms with Crippen molar-refractivity contribution in [3.63, 3.8) is 0 Å². The van der Waals surface area contributed by atoms with Crippen molar-refractivity contribution >= 4 is 11.8 Å². The minimum atomic E-state index is -4.62. The average molecular weight is 380 g/mol. The van der Waals surface area contributed by atoms with E-state index in [9.17, 15) is 22.8 Å². The van der Waals surface area contributed by atoms with Gasteiger partial charge in [0.15, 0.2) is 0 Å². The standard InChI is InChI=1S/C19H16F4N2S/c1-11-6-7-16-13(8-11)17(19(21,22)23)14(9-24)18(25-16)26-10-12-4-2-3-5-15(12)20/h2-5,11H,6-8,10H2,1H3/t11-/m0/s1. The Morgan fingerprint density at radius 3 is 2.69 bits per heavy atom. The Labute approximate surface area is 153 Å². The Kier molecular flexibility index (Phi) is 5.24. The van der Waals surface area contributed by atoms with Crippen molar-refractivity contribution in [1.82, 2.24) is 4.98 Å². The van der Waals surface area contributed by atoms with E-state index < -0.39 is 23.1 Å². The van der Waals surface area contributed by atoms with Crippen molar-refractivity contribution in [2.75, 3.05) is 0 Å². The van der Waals surface area contributed by atoms with Crippen LogP contribution in [0.2, 0.25) is 0 Å². The van der Waals surface area contributed by atoms with Gasteiger partial charge in [0.05, 0.1) is 11.1 Å². The number of hydrogen-bond donors (Lipinski definition) is 0. The number of nitrogens with zero attached hydrogens (tertiary/aromatic N) is 2. The topological polar surface area (TPSA) is 36.7 Å². The van der Waals surface area contributed by atoms with Crippen molar-refractivity contribution in [3.8, 4) is 6.07 Å². The molecule has 1 aliphatic rings. The molecule has 0 bridgehead atoms. The maximum Gasteiger partial charge on any atom is 0.418 e. The van der Waals surface area contributed by atoms with E-state index in [1.807, 2.05) is 6.92 Å². The van der Waals surface area contributed by atoms with Crippen LogP contribution in [0.25, 0.3) is 0 Å². The summed E-state index contributed by atoms with van der Waals surface area (Å²) in [4.78, 5) is 4.36. The van der Waals surface area contributed by atoms with Gasteiger partial charge < -0.3 is 0 Å². The summed E-state index contributed by atoms with van der Waals surface area (Å²) in [7, 11) is 0. The van der Waals surface area contributed by atoms with Crippen LogP contribution in [0.15, 0.2) is 29.3 Å². The summed E-state index contributed by atoms with van der Waals surface area (Å²) in [5.41, 5.74) is -0.407. The van der Waals surface area contributed by atoms with Crippen LogP contribution < -0.4 is 0 Å². The Bertz CT molecular complexity index is 871. The molecule has 26 heavy (non-hydrogen) atoms. The van der Waals surface area contributed by atoms with Gasteiger partial charge in [0, 0.05) is 11.4 Å². The molecule has 3 rings (SSSR count). The number of benzene rings is 1. The van der Waals surface area contributed by atoms with Crippen molar-refractivity contribution in [1.29, 1.82) is 5.26 Å². The van der Waals surface area contributed by atoms with E-state index in [1.54, 1.807) is 24.3 Å². The fraction of sp³-hybridized carbons (Fsp3) is 0.368. The first-order valence-electron chi connectivity index (χ1n) is 8.20. The summed E-state index contributed by atoms with van der Waals surface area (Å²) in [6.45, 7) is 1.90. The lowest BCUT2D eigenvalue weighted by molar-refractivity contribution is -0.138. The highest BCUT2D eigenvalue weighted by molar-refractivity contribution is 7.98. The molecule has 2 aromatic rings. The van der Waals surface area contributed by atoms with Crippen LogP contribution in [0.4, 0.5) is 17.6 Å². The lowest BCUT2D eigenvalue weighted by Gasteiger charge is -2.26. The molecule has 1 aliphatic carbocycles. The van der Waals surface area contributed by atoms with E-state index in [-0.39, 0.29) is 28.7 Å². The maximum atomic E-state index is 13.8. The highest BCUT2D eigenvalue weighted by Crippen LogP contribution is 2.42. The van der Waals surface area contributed by atoms with Crippen molar-refractivity contribution in [2.45, 2.75) is 43.1 Å². The monoisotopic (exact) mass is 380 g/mol. The molecule has 0 unspecified atom stereocenters. The quantitative estimate of drug-likeness (QED) is 0.519. The molecule has 0 saturated carbocycles. The molecule has 1 atom stereocenters. The van der Waals surface area contributed by atoms with Crippen LogP contribution in [0.1, 0.15) is 41.3 Å². The summed E-state index contributed by atoms with van der Waals surface area (Å²) < 4.78 is 54.9. The van der Waals surface area contributed by atoms with Crippen molar-refractivity contribution < 1.29 is 17.6 Å². The predicted molar refractivity (Wildman–Crippen MR) is 91.1 cm³/mol. The van der Waals surface area contributed by atoms with Crippen LogP contribution in [0, 0.1) is 23.1 Å². The third-order valence-corrected chi connectivity index (χ3v) is 5.52.